The highest BCUT2D eigenvalue weighted by molar-refractivity contribution is 6.07. The van der Waals surface area contributed by atoms with E-state index in [9.17, 15) is 4.79 Å². The monoisotopic (exact) mass is 265 g/mol. The Labute approximate surface area is 116 Å². The lowest BCUT2D eigenvalue weighted by Gasteiger charge is -2.34. The van der Waals surface area contributed by atoms with Crippen LogP contribution in [0.15, 0.2) is 21.6 Å². The van der Waals surface area contributed by atoms with E-state index in [1.807, 2.05) is 32.7 Å². The molecule has 0 aromatic carbocycles. The van der Waals surface area contributed by atoms with Crippen molar-refractivity contribution in [3.8, 4) is 0 Å². The van der Waals surface area contributed by atoms with Crippen LogP contribution >= 0.6 is 0 Å². The average molecular weight is 265 g/mol. The Morgan fingerprint density at radius 3 is 1.95 bits per heavy atom. The number of Topliss-reactive ketones (excluding diaryl/α,β-unsaturated/α-hetero) is 1. The second-order valence-electron chi connectivity index (χ2n) is 6.85. The van der Waals surface area contributed by atoms with Crippen LogP contribution in [0.4, 0.5) is 0 Å². The molecule has 0 radical (unpaired) electrons. The highest BCUT2D eigenvalue weighted by Gasteiger charge is 2.42. The van der Waals surface area contributed by atoms with Gasteiger partial charge in [-0.2, -0.15) is 0 Å². The van der Waals surface area contributed by atoms with Gasteiger partial charge in [0.2, 0.25) is 0 Å². The van der Waals surface area contributed by atoms with Crippen LogP contribution in [0, 0.1) is 11.3 Å². The molecule has 0 bridgehead atoms. The van der Waals surface area contributed by atoms with Gasteiger partial charge in [0.1, 0.15) is 0 Å². The van der Waals surface area contributed by atoms with Gasteiger partial charge in [-0.25, -0.2) is 0 Å². The average Bonchev–Trinajstić information content (AvgIpc) is 2.24. The molecule has 1 aliphatic carbocycles. The van der Waals surface area contributed by atoms with Crippen LogP contribution in [0.2, 0.25) is 0 Å². The van der Waals surface area contributed by atoms with Crippen LogP contribution in [0.25, 0.3) is 0 Å². The molecule has 0 heterocycles. The molecule has 0 saturated heterocycles. The van der Waals surface area contributed by atoms with E-state index in [1.54, 1.807) is 0 Å². The SMILES string of the molecule is CC1C(=O)C(C(C)(C)C)=C1N=NN(C(C)C)C(C)C. The summed E-state index contributed by atoms with van der Waals surface area (Å²) in [5.74, 6) is 0.0984. The van der Waals surface area contributed by atoms with E-state index < -0.39 is 0 Å². The Kier molecular flexibility index (Phi) is 4.54. The zero-order chi connectivity index (χ0) is 15.0. The molecule has 0 aromatic rings. The Bertz CT molecular complexity index is 406. The van der Waals surface area contributed by atoms with Gasteiger partial charge < -0.3 is 0 Å². The smallest absolute Gasteiger partial charge is 0.170 e. The van der Waals surface area contributed by atoms with Gasteiger partial charge in [-0.1, -0.05) is 26.0 Å². The van der Waals surface area contributed by atoms with Crippen molar-refractivity contribution in [3.05, 3.63) is 11.3 Å². The molecule has 0 aromatic heterocycles. The third-order valence-corrected chi connectivity index (χ3v) is 3.37. The summed E-state index contributed by atoms with van der Waals surface area (Å²) in [6.07, 6.45) is 0. The summed E-state index contributed by atoms with van der Waals surface area (Å²) in [6.45, 7) is 16.4. The van der Waals surface area contributed by atoms with Gasteiger partial charge in [0.25, 0.3) is 0 Å². The molecule has 0 fully saturated rings. The van der Waals surface area contributed by atoms with E-state index in [2.05, 4.69) is 38.0 Å². The van der Waals surface area contributed by atoms with Crippen LogP contribution in [0.1, 0.15) is 55.4 Å². The maximum absolute atomic E-state index is 12.0. The van der Waals surface area contributed by atoms with E-state index in [4.69, 9.17) is 0 Å². The molecule has 0 aliphatic heterocycles. The highest BCUT2D eigenvalue weighted by atomic mass is 16.1. The van der Waals surface area contributed by atoms with Crippen LogP contribution < -0.4 is 0 Å². The van der Waals surface area contributed by atoms with Crippen molar-refractivity contribution in [1.29, 1.82) is 0 Å². The number of ketones is 1. The minimum absolute atomic E-state index is 0.112. The zero-order valence-electron chi connectivity index (χ0n) is 13.5. The molecule has 4 heteroatoms. The minimum atomic E-state index is -0.154. The molecule has 0 N–H and O–H groups in total. The molecule has 4 nitrogen and oxygen atoms in total. The summed E-state index contributed by atoms with van der Waals surface area (Å²) in [6, 6.07) is 0.599. The lowest BCUT2D eigenvalue weighted by molar-refractivity contribution is -0.121. The molecular formula is C15H27N3O. The number of carbonyl (C=O) groups excluding carboxylic acids is 1. The molecule has 0 amide bonds. The van der Waals surface area contributed by atoms with E-state index in [1.165, 1.54) is 0 Å². The van der Waals surface area contributed by atoms with Gasteiger partial charge in [-0.15, -0.1) is 5.11 Å². The van der Waals surface area contributed by atoms with Gasteiger partial charge in [0.05, 0.1) is 11.6 Å². The first kappa shape index (κ1) is 15.9. The Hall–Kier alpha value is -1.19. The number of hydrogen-bond donors (Lipinski definition) is 0. The molecule has 0 spiro atoms. The Morgan fingerprint density at radius 1 is 1.11 bits per heavy atom. The van der Waals surface area contributed by atoms with Crippen molar-refractivity contribution in [2.45, 2.75) is 67.5 Å². The first-order chi connectivity index (χ1) is 8.57. The minimum Gasteiger partial charge on any atom is -0.294 e. The third kappa shape index (κ3) is 3.23. The first-order valence-electron chi connectivity index (χ1n) is 7.06. The van der Waals surface area contributed by atoms with Crippen LogP contribution in [0.5, 0.6) is 0 Å². The molecule has 1 aliphatic rings. The second-order valence-corrected chi connectivity index (χ2v) is 6.85. The summed E-state index contributed by atoms with van der Waals surface area (Å²) >= 11 is 0. The van der Waals surface area contributed by atoms with Gasteiger partial charge in [0, 0.05) is 17.7 Å². The fourth-order valence-electron chi connectivity index (χ4n) is 2.40. The molecule has 1 unspecified atom stereocenters. The summed E-state index contributed by atoms with van der Waals surface area (Å²) in [5.41, 5.74) is 1.53. The van der Waals surface area contributed by atoms with E-state index in [0.29, 0.717) is 12.1 Å². The summed E-state index contributed by atoms with van der Waals surface area (Å²) in [5, 5.41) is 10.7. The lowest BCUT2D eigenvalue weighted by atomic mass is 9.70. The largest absolute Gasteiger partial charge is 0.294 e. The molecule has 1 atom stereocenters. The predicted molar refractivity (Wildman–Crippen MR) is 77.6 cm³/mol. The lowest BCUT2D eigenvalue weighted by Crippen LogP contribution is -2.36. The Balaban J connectivity index is 3.03. The first-order valence-corrected chi connectivity index (χ1v) is 7.06. The maximum Gasteiger partial charge on any atom is 0.170 e. The number of carbonyl (C=O) groups is 1. The number of rotatable bonds is 4. The van der Waals surface area contributed by atoms with E-state index in [-0.39, 0.29) is 17.1 Å². The van der Waals surface area contributed by atoms with E-state index >= 15 is 0 Å². The van der Waals surface area contributed by atoms with Crippen LogP contribution in [-0.4, -0.2) is 22.9 Å². The molecule has 1 rings (SSSR count). The van der Waals surface area contributed by atoms with Gasteiger partial charge in [-0.05, 0) is 40.0 Å². The third-order valence-electron chi connectivity index (χ3n) is 3.37. The molecular weight excluding hydrogens is 238 g/mol. The van der Waals surface area contributed by atoms with Gasteiger partial charge in [-0.3, -0.25) is 9.80 Å². The number of hydrogen-bond acceptors (Lipinski definition) is 3. The van der Waals surface area contributed by atoms with Gasteiger partial charge >= 0.3 is 0 Å². The fourth-order valence-corrected chi connectivity index (χ4v) is 2.40. The topological polar surface area (TPSA) is 45.0 Å². The molecule has 108 valence electrons. The van der Waals surface area contributed by atoms with Crippen molar-refractivity contribution in [1.82, 2.24) is 5.01 Å². The second kappa shape index (κ2) is 5.43. The zero-order valence-corrected chi connectivity index (χ0v) is 13.5. The predicted octanol–water partition coefficient (Wildman–Crippen LogP) is 3.99. The fraction of sp³-hybridized carbons (Fsp3) is 0.800. The van der Waals surface area contributed by atoms with E-state index in [0.717, 1.165) is 11.3 Å². The number of allylic oxidation sites excluding steroid dienone is 2. The summed E-state index contributed by atoms with van der Waals surface area (Å²) in [4.78, 5) is 12.0. The number of nitrogens with zero attached hydrogens (tertiary/aromatic N) is 3. The van der Waals surface area contributed by atoms with Crippen LogP contribution in [0.3, 0.4) is 0 Å². The van der Waals surface area contributed by atoms with Crippen molar-refractivity contribution < 1.29 is 4.79 Å². The summed E-state index contributed by atoms with van der Waals surface area (Å²) < 4.78 is 0. The standard InChI is InChI=1S/C15H27N3O/c1-9(2)18(10(3)4)17-16-13-11(5)14(19)12(13)15(6,7)8/h9-11H,1-8H3. The normalized spacial score (nSPS) is 20.7. The van der Waals surface area contributed by atoms with Crippen molar-refractivity contribution >= 4 is 5.78 Å². The highest BCUT2D eigenvalue weighted by Crippen LogP contribution is 2.42. The molecule has 0 saturated carbocycles. The Morgan fingerprint density at radius 2 is 1.58 bits per heavy atom. The molecule has 19 heavy (non-hydrogen) atoms. The van der Waals surface area contributed by atoms with Crippen LogP contribution in [-0.2, 0) is 4.79 Å². The maximum atomic E-state index is 12.0. The van der Waals surface area contributed by atoms with Crippen molar-refractivity contribution in [2.75, 3.05) is 0 Å². The summed E-state index contributed by atoms with van der Waals surface area (Å²) in [7, 11) is 0. The van der Waals surface area contributed by atoms with Gasteiger partial charge in [0.15, 0.2) is 5.78 Å². The van der Waals surface area contributed by atoms with Crippen molar-refractivity contribution in [2.24, 2.45) is 21.7 Å². The van der Waals surface area contributed by atoms with Crippen molar-refractivity contribution in [3.63, 3.8) is 0 Å². The quantitative estimate of drug-likeness (QED) is 0.570.